The molecular formula is C9H12BrNO. The number of rotatable bonds is 2. The highest BCUT2D eigenvalue weighted by atomic mass is 79.9. The van der Waals surface area contributed by atoms with Gasteiger partial charge in [0.15, 0.2) is 0 Å². The lowest BCUT2D eigenvalue weighted by atomic mass is 9.67. The summed E-state index contributed by atoms with van der Waals surface area (Å²) in [6, 6.07) is 2.03. The van der Waals surface area contributed by atoms with E-state index in [1.165, 1.54) is 19.3 Å². The summed E-state index contributed by atoms with van der Waals surface area (Å²) >= 11 is 3.37. The van der Waals surface area contributed by atoms with E-state index in [0.29, 0.717) is 6.54 Å². The highest BCUT2D eigenvalue weighted by Crippen LogP contribution is 2.43. The quantitative estimate of drug-likeness (QED) is 0.847. The fourth-order valence-electron chi connectivity index (χ4n) is 1.75. The van der Waals surface area contributed by atoms with Crippen LogP contribution in [0.5, 0.6) is 0 Å². The van der Waals surface area contributed by atoms with Gasteiger partial charge in [0.25, 0.3) is 0 Å². The minimum Gasteiger partial charge on any atom is -0.467 e. The maximum Gasteiger partial charge on any atom is 0.112 e. The van der Waals surface area contributed by atoms with Crippen molar-refractivity contribution in [2.45, 2.75) is 24.7 Å². The van der Waals surface area contributed by atoms with Gasteiger partial charge in [0.1, 0.15) is 12.0 Å². The van der Waals surface area contributed by atoms with E-state index in [-0.39, 0.29) is 5.41 Å². The van der Waals surface area contributed by atoms with Crippen molar-refractivity contribution in [1.29, 1.82) is 0 Å². The zero-order valence-electron chi connectivity index (χ0n) is 6.85. The second kappa shape index (κ2) is 2.89. The first-order valence-electron chi connectivity index (χ1n) is 4.21. The van der Waals surface area contributed by atoms with Crippen LogP contribution < -0.4 is 5.73 Å². The SMILES string of the molecule is NCC1(c2cc(Br)co2)CCC1. The molecule has 0 atom stereocenters. The van der Waals surface area contributed by atoms with Gasteiger partial charge in [0.05, 0.1) is 4.47 Å². The molecule has 1 aromatic rings. The van der Waals surface area contributed by atoms with E-state index < -0.39 is 0 Å². The largest absolute Gasteiger partial charge is 0.467 e. The smallest absolute Gasteiger partial charge is 0.112 e. The van der Waals surface area contributed by atoms with Crippen LogP contribution in [0, 0.1) is 0 Å². The summed E-state index contributed by atoms with van der Waals surface area (Å²) in [4.78, 5) is 0. The van der Waals surface area contributed by atoms with Crippen molar-refractivity contribution in [2.75, 3.05) is 6.54 Å². The molecule has 66 valence electrons. The number of hydrogen-bond acceptors (Lipinski definition) is 2. The monoisotopic (exact) mass is 229 g/mol. The van der Waals surface area contributed by atoms with Gasteiger partial charge in [0, 0.05) is 12.0 Å². The maximum absolute atomic E-state index is 5.73. The molecule has 2 nitrogen and oxygen atoms in total. The zero-order valence-corrected chi connectivity index (χ0v) is 8.43. The Hall–Kier alpha value is -0.280. The first kappa shape index (κ1) is 8.32. The first-order chi connectivity index (χ1) is 5.77. The highest BCUT2D eigenvalue weighted by molar-refractivity contribution is 9.10. The van der Waals surface area contributed by atoms with E-state index >= 15 is 0 Å². The standard InChI is InChI=1S/C9H12BrNO/c10-7-4-8(12-5-7)9(6-11)2-1-3-9/h4-5H,1-3,6,11H2. The summed E-state index contributed by atoms with van der Waals surface area (Å²) in [5.74, 6) is 1.04. The Morgan fingerprint density at radius 1 is 1.58 bits per heavy atom. The third-order valence-corrected chi connectivity index (χ3v) is 3.21. The number of halogens is 1. The van der Waals surface area contributed by atoms with E-state index in [1.807, 2.05) is 6.07 Å². The van der Waals surface area contributed by atoms with Crippen molar-refractivity contribution >= 4 is 15.9 Å². The fraction of sp³-hybridized carbons (Fsp3) is 0.556. The Morgan fingerprint density at radius 2 is 2.33 bits per heavy atom. The molecular weight excluding hydrogens is 218 g/mol. The molecule has 1 fully saturated rings. The molecule has 0 bridgehead atoms. The maximum atomic E-state index is 5.73. The predicted molar refractivity (Wildman–Crippen MR) is 51.0 cm³/mol. The van der Waals surface area contributed by atoms with Gasteiger partial charge in [-0.25, -0.2) is 0 Å². The second-order valence-electron chi connectivity index (χ2n) is 3.47. The fourth-order valence-corrected chi connectivity index (χ4v) is 2.05. The van der Waals surface area contributed by atoms with Crippen LogP contribution in [0.3, 0.4) is 0 Å². The molecule has 0 radical (unpaired) electrons. The molecule has 2 rings (SSSR count). The summed E-state index contributed by atoms with van der Waals surface area (Å²) < 4.78 is 6.45. The summed E-state index contributed by atoms with van der Waals surface area (Å²) in [6.07, 6.45) is 5.34. The Balaban J connectivity index is 2.27. The number of nitrogens with two attached hydrogens (primary N) is 1. The molecule has 12 heavy (non-hydrogen) atoms. The lowest BCUT2D eigenvalue weighted by Crippen LogP contribution is -2.41. The van der Waals surface area contributed by atoms with E-state index in [0.717, 1.165) is 10.2 Å². The number of hydrogen-bond donors (Lipinski definition) is 1. The van der Waals surface area contributed by atoms with Gasteiger partial charge in [-0.15, -0.1) is 0 Å². The summed E-state index contributed by atoms with van der Waals surface area (Å²) in [6.45, 7) is 0.701. The minimum atomic E-state index is 0.159. The molecule has 1 aliphatic carbocycles. The van der Waals surface area contributed by atoms with Crippen LogP contribution in [0.1, 0.15) is 25.0 Å². The van der Waals surface area contributed by atoms with Gasteiger partial charge >= 0.3 is 0 Å². The van der Waals surface area contributed by atoms with Crippen LogP contribution in [-0.4, -0.2) is 6.54 Å². The molecule has 1 aliphatic rings. The van der Waals surface area contributed by atoms with Crippen LogP contribution in [0.2, 0.25) is 0 Å². The molecule has 2 N–H and O–H groups in total. The van der Waals surface area contributed by atoms with Gasteiger partial charge in [-0.05, 0) is 34.8 Å². The van der Waals surface area contributed by atoms with Crippen molar-refractivity contribution < 1.29 is 4.42 Å². The van der Waals surface area contributed by atoms with Crippen molar-refractivity contribution in [3.63, 3.8) is 0 Å². The van der Waals surface area contributed by atoms with E-state index in [2.05, 4.69) is 15.9 Å². The minimum absolute atomic E-state index is 0.159. The van der Waals surface area contributed by atoms with Gasteiger partial charge in [-0.3, -0.25) is 0 Å². The Morgan fingerprint density at radius 3 is 2.67 bits per heavy atom. The van der Waals surface area contributed by atoms with Crippen LogP contribution >= 0.6 is 15.9 Å². The van der Waals surface area contributed by atoms with E-state index in [4.69, 9.17) is 10.2 Å². The molecule has 0 amide bonds. The van der Waals surface area contributed by atoms with Crippen molar-refractivity contribution in [3.8, 4) is 0 Å². The molecule has 3 heteroatoms. The van der Waals surface area contributed by atoms with Crippen molar-refractivity contribution in [3.05, 3.63) is 22.6 Å². The van der Waals surface area contributed by atoms with Crippen LogP contribution in [-0.2, 0) is 5.41 Å². The highest BCUT2D eigenvalue weighted by Gasteiger charge is 2.40. The van der Waals surface area contributed by atoms with Crippen LogP contribution in [0.25, 0.3) is 0 Å². The summed E-state index contributed by atoms with van der Waals surface area (Å²) in [5, 5.41) is 0. The Labute approximate surface area is 80.3 Å². The first-order valence-corrected chi connectivity index (χ1v) is 5.01. The molecule has 1 saturated carbocycles. The lowest BCUT2D eigenvalue weighted by molar-refractivity contribution is 0.208. The molecule has 0 saturated heterocycles. The Bertz CT molecular complexity index is 272. The third-order valence-electron chi connectivity index (χ3n) is 2.79. The average Bonchev–Trinajstić information content (AvgIpc) is 2.35. The Kier molecular flexibility index (Phi) is 2.00. The molecule has 1 heterocycles. The van der Waals surface area contributed by atoms with Gasteiger partial charge in [-0.2, -0.15) is 0 Å². The van der Waals surface area contributed by atoms with Gasteiger partial charge < -0.3 is 10.2 Å². The van der Waals surface area contributed by atoms with Crippen molar-refractivity contribution in [2.24, 2.45) is 5.73 Å². The topological polar surface area (TPSA) is 39.2 Å². The van der Waals surface area contributed by atoms with Gasteiger partial charge in [0.2, 0.25) is 0 Å². The lowest BCUT2D eigenvalue weighted by Gasteiger charge is -2.38. The summed E-state index contributed by atoms with van der Waals surface area (Å²) in [7, 11) is 0. The van der Waals surface area contributed by atoms with Gasteiger partial charge in [-0.1, -0.05) is 6.42 Å². The predicted octanol–water partition coefficient (Wildman–Crippen LogP) is 2.42. The molecule has 0 aliphatic heterocycles. The van der Waals surface area contributed by atoms with Crippen LogP contribution in [0.4, 0.5) is 0 Å². The summed E-state index contributed by atoms with van der Waals surface area (Å²) in [5.41, 5.74) is 5.89. The second-order valence-corrected chi connectivity index (χ2v) is 4.38. The van der Waals surface area contributed by atoms with E-state index in [1.54, 1.807) is 6.26 Å². The normalized spacial score (nSPS) is 20.5. The molecule has 0 unspecified atom stereocenters. The molecule has 0 aromatic carbocycles. The zero-order chi connectivity index (χ0) is 8.60. The van der Waals surface area contributed by atoms with E-state index in [9.17, 15) is 0 Å². The molecule has 0 spiro atoms. The van der Waals surface area contributed by atoms with Crippen molar-refractivity contribution in [1.82, 2.24) is 0 Å². The average molecular weight is 230 g/mol. The number of furan rings is 1. The third kappa shape index (κ3) is 1.12. The molecule has 1 aromatic heterocycles. The van der Waals surface area contributed by atoms with Crippen LogP contribution in [0.15, 0.2) is 21.2 Å².